The minimum atomic E-state index is -0.308. The average molecular weight is 446 g/mol. The van der Waals surface area contributed by atoms with Gasteiger partial charge in [-0.05, 0) is 32.9 Å². The third-order valence-corrected chi connectivity index (χ3v) is 8.87. The Balaban J connectivity index is 1.55. The van der Waals surface area contributed by atoms with Gasteiger partial charge in [-0.1, -0.05) is 48.5 Å². The van der Waals surface area contributed by atoms with Gasteiger partial charge in [-0.2, -0.15) is 5.10 Å². The second kappa shape index (κ2) is 6.97. The summed E-state index contributed by atoms with van der Waals surface area (Å²) in [7, 11) is 0. The lowest BCUT2D eigenvalue weighted by Gasteiger charge is -2.45. The molecule has 2 aromatic carbocycles. The van der Waals surface area contributed by atoms with Crippen LogP contribution in [0.25, 0.3) is 16.3 Å². The van der Waals surface area contributed by atoms with Crippen molar-refractivity contribution >= 4 is 23.1 Å². The lowest BCUT2D eigenvalue weighted by atomic mass is 9.74. The van der Waals surface area contributed by atoms with E-state index in [1.54, 1.807) is 0 Å². The Labute approximate surface area is 190 Å². The molecular formula is C25H23N3OS2. The van der Waals surface area contributed by atoms with Crippen LogP contribution >= 0.6 is 23.1 Å². The third kappa shape index (κ3) is 2.96. The van der Waals surface area contributed by atoms with Gasteiger partial charge in [0, 0.05) is 28.7 Å². The van der Waals surface area contributed by atoms with E-state index in [4.69, 9.17) is 14.8 Å². The number of hydrogen-bond donors (Lipinski definition) is 0. The second-order valence-electron chi connectivity index (χ2n) is 8.71. The largest absolute Gasteiger partial charge is 0.471 e. The maximum atomic E-state index is 6.66. The fraction of sp³-hybridized carbons (Fsp3) is 0.280. The van der Waals surface area contributed by atoms with Gasteiger partial charge in [-0.25, -0.2) is 9.67 Å². The highest BCUT2D eigenvalue weighted by atomic mass is 32.2. The van der Waals surface area contributed by atoms with Crippen LogP contribution in [0.1, 0.15) is 36.7 Å². The fourth-order valence-corrected chi connectivity index (χ4v) is 7.53. The second-order valence-corrected chi connectivity index (χ2v) is 11.0. The van der Waals surface area contributed by atoms with Crippen LogP contribution in [-0.2, 0) is 0 Å². The molecule has 0 spiro atoms. The minimum Gasteiger partial charge on any atom is -0.471 e. The zero-order chi connectivity index (χ0) is 21.2. The number of aryl methyl sites for hydroxylation is 1. The summed E-state index contributed by atoms with van der Waals surface area (Å²) in [5, 5.41) is 6.01. The Morgan fingerprint density at radius 1 is 1.03 bits per heavy atom. The molecule has 2 atom stereocenters. The van der Waals surface area contributed by atoms with Crippen LogP contribution in [0, 0.1) is 12.8 Å². The van der Waals surface area contributed by atoms with E-state index in [1.807, 2.05) is 46.0 Å². The highest BCUT2D eigenvalue weighted by Crippen LogP contribution is 2.57. The van der Waals surface area contributed by atoms with Crippen LogP contribution in [0.4, 0.5) is 0 Å². The maximum Gasteiger partial charge on any atom is 0.221 e. The number of para-hydroxylation sites is 1. The van der Waals surface area contributed by atoms with E-state index in [9.17, 15) is 0 Å². The van der Waals surface area contributed by atoms with Crippen molar-refractivity contribution in [3.63, 3.8) is 0 Å². The van der Waals surface area contributed by atoms with E-state index in [0.29, 0.717) is 5.92 Å². The van der Waals surface area contributed by atoms with Crippen molar-refractivity contribution in [2.45, 2.75) is 36.5 Å². The number of fused-ring (bicyclic) bond motifs is 5. The van der Waals surface area contributed by atoms with Crippen LogP contribution in [-0.4, -0.2) is 26.1 Å². The van der Waals surface area contributed by atoms with Gasteiger partial charge in [0.2, 0.25) is 5.88 Å². The lowest BCUT2D eigenvalue weighted by molar-refractivity contribution is 0.0195. The molecular weight excluding hydrogens is 422 g/mol. The molecule has 2 aliphatic heterocycles. The van der Waals surface area contributed by atoms with Crippen LogP contribution in [0.3, 0.4) is 0 Å². The summed E-state index contributed by atoms with van der Waals surface area (Å²) in [6.07, 6.45) is 0. The predicted molar refractivity (Wildman–Crippen MR) is 127 cm³/mol. The van der Waals surface area contributed by atoms with Crippen molar-refractivity contribution < 1.29 is 4.74 Å². The van der Waals surface area contributed by atoms with Gasteiger partial charge in [-0.15, -0.1) is 23.1 Å². The highest BCUT2D eigenvalue weighted by Gasteiger charge is 2.51. The smallest absolute Gasteiger partial charge is 0.221 e. The Bertz CT molecular complexity index is 1260. The highest BCUT2D eigenvalue weighted by molar-refractivity contribution is 8.01. The van der Waals surface area contributed by atoms with Crippen molar-refractivity contribution in [1.82, 2.24) is 14.8 Å². The van der Waals surface area contributed by atoms with Crippen molar-refractivity contribution in [3.05, 3.63) is 77.6 Å². The summed E-state index contributed by atoms with van der Waals surface area (Å²) in [4.78, 5) is 5.20. The first kappa shape index (κ1) is 19.1. The number of ether oxygens (including phenoxy) is 1. The zero-order valence-electron chi connectivity index (χ0n) is 17.7. The zero-order valence-corrected chi connectivity index (χ0v) is 19.3. The van der Waals surface area contributed by atoms with E-state index >= 15 is 0 Å². The molecule has 0 N–H and O–H groups in total. The number of aromatic nitrogens is 3. The first-order valence-electron chi connectivity index (χ1n) is 10.6. The number of benzene rings is 2. The number of nitrogens with zero attached hydrogens (tertiary/aromatic N) is 3. The predicted octanol–water partition coefficient (Wildman–Crippen LogP) is 6.33. The number of hydrogen-bond acceptors (Lipinski definition) is 5. The normalized spacial score (nSPS) is 21.0. The quantitative estimate of drug-likeness (QED) is 0.361. The van der Waals surface area contributed by atoms with E-state index in [1.165, 1.54) is 21.0 Å². The lowest BCUT2D eigenvalue weighted by Crippen LogP contribution is -2.47. The van der Waals surface area contributed by atoms with Crippen molar-refractivity contribution in [2.75, 3.05) is 5.75 Å². The van der Waals surface area contributed by atoms with Crippen LogP contribution < -0.4 is 4.74 Å². The third-order valence-electron chi connectivity index (χ3n) is 6.36. The molecule has 6 heteroatoms. The summed E-state index contributed by atoms with van der Waals surface area (Å²) in [5.74, 6) is 2.43. The summed E-state index contributed by atoms with van der Waals surface area (Å²) >= 11 is 3.74. The number of thiazole rings is 1. The Hall–Kier alpha value is -2.57. The maximum absolute atomic E-state index is 6.66. The number of thioether (sulfide) groups is 1. The first-order chi connectivity index (χ1) is 15.0. The summed E-state index contributed by atoms with van der Waals surface area (Å²) < 4.78 is 9.96. The van der Waals surface area contributed by atoms with Crippen molar-refractivity contribution in [3.8, 4) is 22.1 Å². The van der Waals surface area contributed by atoms with Crippen LogP contribution in [0.15, 0.2) is 64.9 Å². The Morgan fingerprint density at radius 3 is 2.48 bits per heavy atom. The molecule has 0 bridgehead atoms. The topological polar surface area (TPSA) is 39.9 Å². The van der Waals surface area contributed by atoms with Gasteiger partial charge in [0.1, 0.15) is 10.6 Å². The summed E-state index contributed by atoms with van der Waals surface area (Å²) in [6, 6.07) is 20.8. The van der Waals surface area contributed by atoms with Gasteiger partial charge in [0.15, 0.2) is 0 Å². The van der Waals surface area contributed by atoms with Crippen LogP contribution in [0.2, 0.25) is 0 Å². The van der Waals surface area contributed by atoms with Crippen LogP contribution in [0.5, 0.6) is 5.88 Å². The molecule has 0 saturated carbocycles. The molecule has 0 amide bonds. The van der Waals surface area contributed by atoms with E-state index < -0.39 is 0 Å². The minimum absolute atomic E-state index is 0.196. The molecule has 0 radical (unpaired) electrons. The van der Waals surface area contributed by atoms with Gasteiger partial charge in [0.05, 0.1) is 21.3 Å². The molecule has 4 aromatic rings. The molecule has 31 heavy (non-hydrogen) atoms. The standard InChI is InChI=1S/C25H23N3OS2/c1-15-19-20-18(14-30-24-21(20)26-22(31-24)16-10-6-4-7-11-16)25(2,3)29-23(19)28(27-15)17-12-8-5-9-13-17/h4-13,18,20H,14H2,1-3H3/t18-,20+/m1/s1. The summed E-state index contributed by atoms with van der Waals surface area (Å²) in [6.45, 7) is 6.52. The molecule has 2 aromatic heterocycles. The van der Waals surface area contributed by atoms with E-state index in [-0.39, 0.29) is 11.5 Å². The Morgan fingerprint density at radius 2 is 1.74 bits per heavy atom. The molecule has 2 aliphatic rings. The Kier molecular flexibility index (Phi) is 4.30. The van der Waals surface area contributed by atoms with Gasteiger partial charge in [-0.3, -0.25) is 0 Å². The first-order valence-corrected chi connectivity index (χ1v) is 12.4. The molecule has 0 fully saturated rings. The SMILES string of the molecule is Cc1nn(-c2ccccc2)c2c1[C@H]1c3nc(-c4ccccc4)sc3SC[C@H]1C(C)(C)O2. The molecule has 0 saturated heterocycles. The van der Waals surface area contributed by atoms with E-state index in [0.717, 1.165) is 28.0 Å². The van der Waals surface area contributed by atoms with Crippen molar-refractivity contribution in [1.29, 1.82) is 0 Å². The van der Waals surface area contributed by atoms with Crippen molar-refractivity contribution in [2.24, 2.45) is 5.92 Å². The summed E-state index contributed by atoms with van der Waals surface area (Å²) in [5.41, 5.74) is 5.31. The molecule has 156 valence electrons. The van der Waals surface area contributed by atoms with Gasteiger partial charge >= 0.3 is 0 Å². The molecule has 4 heterocycles. The monoisotopic (exact) mass is 445 g/mol. The van der Waals surface area contributed by atoms with E-state index in [2.05, 4.69) is 63.2 Å². The molecule has 0 unspecified atom stereocenters. The average Bonchev–Trinajstić information content (AvgIpc) is 3.36. The van der Waals surface area contributed by atoms with Gasteiger partial charge < -0.3 is 4.74 Å². The van der Waals surface area contributed by atoms with Gasteiger partial charge in [0.25, 0.3) is 0 Å². The molecule has 6 rings (SSSR count). The molecule has 4 nitrogen and oxygen atoms in total. The number of rotatable bonds is 2. The fourth-order valence-electron chi connectivity index (χ4n) is 4.76. The molecule has 0 aliphatic carbocycles.